The summed E-state index contributed by atoms with van der Waals surface area (Å²) < 4.78 is 35.2. The van der Waals surface area contributed by atoms with Gasteiger partial charge >= 0.3 is 0 Å². The lowest BCUT2D eigenvalue weighted by atomic mass is 10.2. The first kappa shape index (κ1) is 10.6. The highest BCUT2D eigenvalue weighted by atomic mass is 32.2. The van der Waals surface area contributed by atoms with Gasteiger partial charge in [-0.1, -0.05) is 0 Å². The van der Waals surface area contributed by atoms with Crippen molar-refractivity contribution in [1.82, 2.24) is 0 Å². The van der Waals surface area contributed by atoms with Gasteiger partial charge in [-0.15, -0.1) is 0 Å². The first-order chi connectivity index (χ1) is 6.45. The molecule has 0 unspecified atom stereocenters. The van der Waals surface area contributed by atoms with Gasteiger partial charge in [0.25, 0.3) is 0 Å². The minimum absolute atomic E-state index is 0.0656. The van der Waals surface area contributed by atoms with Crippen molar-refractivity contribution in [3.05, 3.63) is 29.6 Å². The van der Waals surface area contributed by atoms with E-state index < -0.39 is 15.7 Å². The second-order valence-corrected chi connectivity index (χ2v) is 4.75. The van der Waals surface area contributed by atoms with Gasteiger partial charge in [0.2, 0.25) is 0 Å². The smallest absolute Gasteiger partial charge is 0.175 e. The van der Waals surface area contributed by atoms with Crippen LogP contribution in [0.2, 0.25) is 0 Å². The Bertz CT molecular complexity index is 468. The second-order valence-electron chi connectivity index (χ2n) is 2.73. The van der Waals surface area contributed by atoms with Crippen LogP contribution >= 0.6 is 0 Å². The van der Waals surface area contributed by atoms with Gasteiger partial charge in [-0.2, -0.15) is 5.10 Å². The normalized spacial score (nSPS) is 12.1. The van der Waals surface area contributed by atoms with Crippen LogP contribution < -0.4 is 5.84 Å². The number of nitrogens with two attached hydrogens (primary N) is 1. The van der Waals surface area contributed by atoms with E-state index in [1.807, 2.05) is 0 Å². The molecule has 0 radical (unpaired) electrons. The zero-order valence-electron chi connectivity index (χ0n) is 7.44. The molecule has 0 aromatic heterocycles. The van der Waals surface area contributed by atoms with Crippen molar-refractivity contribution in [3.8, 4) is 0 Å². The van der Waals surface area contributed by atoms with Crippen LogP contribution in [0.15, 0.2) is 28.2 Å². The van der Waals surface area contributed by atoms with E-state index in [0.29, 0.717) is 0 Å². The van der Waals surface area contributed by atoms with Crippen molar-refractivity contribution < 1.29 is 12.8 Å². The zero-order valence-corrected chi connectivity index (χ0v) is 8.25. The fraction of sp³-hybridized carbons (Fsp3) is 0.125. The number of sulfone groups is 1. The molecule has 76 valence electrons. The number of hydrazone groups is 1. The molecule has 1 rings (SSSR count). The molecule has 14 heavy (non-hydrogen) atoms. The first-order valence-electron chi connectivity index (χ1n) is 3.68. The lowest BCUT2D eigenvalue weighted by Gasteiger charge is -2.00. The van der Waals surface area contributed by atoms with E-state index >= 15 is 0 Å². The molecule has 0 bridgehead atoms. The topological polar surface area (TPSA) is 72.5 Å². The van der Waals surface area contributed by atoms with Crippen LogP contribution in [0.25, 0.3) is 0 Å². The number of hydrogen-bond donors (Lipinski definition) is 1. The van der Waals surface area contributed by atoms with Gasteiger partial charge in [-0.3, -0.25) is 0 Å². The molecule has 0 spiro atoms. The summed E-state index contributed by atoms with van der Waals surface area (Å²) >= 11 is 0. The van der Waals surface area contributed by atoms with E-state index in [4.69, 9.17) is 5.84 Å². The Hall–Kier alpha value is -1.43. The minimum atomic E-state index is -3.37. The maximum atomic E-state index is 13.2. The molecule has 0 aliphatic heterocycles. The van der Waals surface area contributed by atoms with Crippen LogP contribution in [-0.4, -0.2) is 20.9 Å². The summed E-state index contributed by atoms with van der Waals surface area (Å²) in [6, 6.07) is 3.55. The van der Waals surface area contributed by atoms with Gasteiger partial charge in [-0.05, 0) is 18.2 Å². The maximum absolute atomic E-state index is 13.2. The van der Waals surface area contributed by atoms with Crippen molar-refractivity contribution in [3.63, 3.8) is 0 Å². The third kappa shape index (κ3) is 2.29. The highest BCUT2D eigenvalue weighted by Gasteiger charge is 2.09. The molecular formula is C8H9FN2O2S. The number of nitrogens with zero attached hydrogens (tertiary/aromatic N) is 1. The standard InChI is InChI=1S/C8H9FN2O2S/c1-14(12,13)7-3-2-6(5-11-10)8(9)4-7/h2-5H,10H2,1H3. The molecule has 0 heterocycles. The van der Waals surface area contributed by atoms with Crippen molar-refractivity contribution in [2.45, 2.75) is 4.90 Å². The van der Waals surface area contributed by atoms with E-state index in [1.165, 1.54) is 12.1 Å². The zero-order chi connectivity index (χ0) is 10.8. The average Bonchev–Trinajstić information content (AvgIpc) is 2.07. The van der Waals surface area contributed by atoms with Gasteiger partial charge < -0.3 is 5.84 Å². The highest BCUT2D eigenvalue weighted by molar-refractivity contribution is 7.90. The lowest BCUT2D eigenvalue weighted by Crippen LogP contribution is -1.99. The number of benzene rings is 1. The van der Waals surface area contributed by atoms with Crippen LogP contribution in [0.4, 0.5) is 4.39 Å². The fourth-order valence-electron chi connectivity index (χ4n) is 0.924. The Labute approximate surface area is 81.2 Å². The molecule has 0 atom stereocenters. The maximum Gasteiger partial charge on any atom is 0.175 e. The van der Waals surface area contributed by atoms with Crippen LogP contribution in [0, 0.1) is 5.82 Å². The molecule has 1 aromatic carbocycles. The van der Waals surface area contributed by atoms with Crippen molar-refractivity contribution in [2.75, 3.05) is 6.26 Å². The van der Waals surface area contributed by atoms with E-state index in [2.05, 4.69) is 5.10 Å². The predicted molar refractivity (Wildman–Crippen MR) is 51.3 cm³/mol. The van der Waals surface area contributed by atoms with Gasteiger partial charge in [0.1, 0.15) is 5.82 Å². The van der Waals surface area contributed by atoms with Crippen LogP contribution in [0.3, 0.4) is 0 Å². The Morgan fingerprint density at radius 2 is 2.14 bits per heavy atom. The third-order valence-corrected chi connectivity index (χ3v) is 2.72. The van der Waals surface area contributed by atoms with E-state index in [9.17, 15) is 12.8 Å². The van der Waals surface area contributed by atoms with E-state index in [-0.39, 0.29) is 10.5 Å². The van der Waals surface area contributed by atoms with E-state index in [0.717, 1.165) is 18.5 Å². The molecule has 0 aliphatic carbocycles. The molecule has 0 saturated heterocycles. The largest absolute Gasteiger partial charge is 0.323 e. The van der Waals surface area contributed by atoms with Gasteiger partial charge in [0, 0.05) is 11.8 Å². The molecule has 0 saturated carbocycles. The molecule has 2 N–H and O–H groups in total. The first-order valence-corrected chi connectivity index (χ1v) is 5.57. The Morgan fingerprint density at radius 1 is 1.50 bits per heavy atom. The average molecular weight is 216 g/mol. The summed E-state index contributed by atoms with van der Waals surface area (Å²) in [6.07, 6.45) is 2.12. The molecule has 6 heteroatoms. The summed E-state index contributed by atoms with van der Waals surface area (Å²) in [6.45, 7) is 0. The molecule has 0 amide bonds. The quantitative estimate of drug-likeness (QED) is 0.445. The molecule has 0 fully saturated rings. The van der Waals surface area contributed by atoms with Gasteiger partial charge in [-0.25, -0.2) is 12.8 Å². The summed E-state index contributed by atoms with van der Waals surface area (Å²) in [7, 11) is -3.37. The van der Waals surface area contributed by atoms with Crippen LogP contribution in [0.1, 0.15) is 5.56 Å². The molecule has 4 nitrogen and oxygen atoms in total. The summed E-state index contributed by atoms with van der Waals surface area (Å²) in [5, 5.41) is 3.14. The summed E-state index contributed by atoms with van der Waals surface area (Å²) in [4.78, 5) is -0.0656. The number of halogens is 1. The highest BCUT2D eigenvalue weighted by Crippen LogP contribution is 2.13. The Morgan fingerprint density at radius 3 is 2.57 bits per heavy atom. The van der Waals surface area contributed by atoms with E-state index in [1.54, 1.807) is 0 Å². The van der Waals surface area contributed by atoms with Crippen LogP contribution in [0.5, 0.6) is 0 Å². The van der Waals surface area contributed by atoms with Crippen molar-refractivity contribution >= 4 is 16.1 Å². The third-order valence-electron chi connectivity index (χ3n) is 1.61. The molecule has 0 aliphatic rings. The monoisotopic (exact) mass is 216 g/mol. The fourth-order valence-corrected chi connectivity index (χ4v) is 1.56. The lowest BCUT2D eigenvalue weighted by molar-refractivity contribution is 0.595. The second kappa shape index (κ2) is 3.75. The Kier molecular flexibility index (Phi) is 2.85. The predicted octanol–water partition coefficient (Wildman–Crippen LogP) is 0.522. The summed E-state index contributed by atoms with van der Waals surface area (Å²) in [5.41, 5.74) is 0.153. The molecular weight excluding hydrogens is 207 g/mol. The van der Waals surface area contributed by atoms with Crippen LogP contribution in [-0.2, 0) is 9.84 Å². The van der Waals surface area contributed by atoms with Crippen molar-refractivity contribution in [2.24, 2.45) is 10.9 Å². The Balaban J connectivity index is 3.27. The van der Waals surface area contributed by atoms with Gasteiger partial charge in [0.05, 0.1) is 11.1 Å². The number of hydrogen-bond acceptors (Lipinski definition) is 4. The number of rotatable bonds is 2. The minimum Gasteiger partial charge on any atom is -0.323 e. The van der Waals surface area contributed by atoms with Crippen molar-refractivity contribution in [1.29, 1.82) is 0 Å². The summed E-state index contributed by atoms with van der Waals surface area (Å²) in [5.74, 6) is 4.17. The molecule has 1 aromatic rings. The van der Waals surface area contributed by atoms with Gasteiger partial charge in [0.15, 0.2) is 9.84 Å². The SMILES string of the molecule is CS(=O)(=O)c1ccc(C=NN)c(F)c1.